The summed E-state index contributed by atoms with van der Waals surface area (Å²) >= 11 is 0. The molecule has 1 aromatic rings. The van der Waals surface area contributed by atoms with Crippen molar-refractivity contribution >= 4 is 11.6 Å². The normalized spacial score (nSPS) is 19.2. The van der Waals surface area contributed by atoms with Crippen LogP contribution < -0.4 is 5.32 Å². The molecule has 1 aliphatic heterocycles. The minimum Gasteiger partial charge on any atom is -0.325 e. The van der Waals surface area contributed by atoms with E-state index in [4.69, 9.17) is 0 Å². The lowest BCUT2D eigenvalue weighted by Gasteiger charge is -2.22. The molecular formula is C16H22N2O. The number of likely N-dealkylation sites (tertiary alicyclic amines) is 1. The number of carbonyl (C=O) groups is 1. The highest BCUT2D eigenvalue weighted by Crippen LogP contribution is 2.19. The molecule has 1 aromatic carbocycles. The van der Waals surface area contributed by atoms with Crippen molar-refractivity contribution in [3.05, 3.63) is 42.0 Å². The second-order valence-electron chi connectivity index (χ2n) is 5.29. The highest BCUT2D eigenvalue weighted by atomic mass is 16.2. The van der Waals surface area contributed by atoms with Gasteiger partial charge in [0.05, 0.1) is 6.04 Å². The SMILES string of the molecule is CC(C)=CCN1CCC[C@@H]1C(=O)Nc1ccccc1. The van der Waals surface area contributed by atoms with Gasteiger partial charge >= 0.3 is 0 Å². The van der Waals surface area contributed by atoms with Crippen molar-refractivity contribution in [3.8, 4) is 0 Å². The number of nitrogens with zero attached hydrogens (tertiary/aromatic N) is 1. The summed E-state index contributed by atoms with van der Waals surface area (Å²) in [5.74, 6) is 0.117. The maximum Gasteiger partial charge on any atom is 0.241 e. The van der Waals surface area contributed by atoms with Crippen molar-refractivity contribution in [1.29, 1.82) is 0 Å². The van der Waals surface area contributed by atoms with E-state index in [1.165, 1.54) is 5.57 Å². The van der Waals surface area contributed by atoms with Crippen LogP contribution in [0.15, 0.2) is 42.0 Å². The fraction of sp³-hybridized carbons (Fsp3) is 0.438. The van der Waals surface area contributed by atoms with E-state index in [2.05, 4.69) is 30.1 Å². The van der Waals surface area contributed by atoms with Crippen LogP contribution in [0.1, 0.15) is 26.7 Å². The highest BCUT2D eigenvalue weighted by molar-refractivity contribution is 5.95. The molecule has 0 aromatic heterocycles. The molecule has 1 aliphatic rings. The second kappa shape index (κ2) is 6.53. The van der Waals surface area contributed by atoms with Gasteiger partial charge in [0, 0.05) is 12.2 Å². The molecule has 3 heteroatoms. The van der Waals surface area contributed by atoms with E-state index >= 15 is 0 Å². The van der Waals surface area contributed by atoms with E-state index in [0.717, 1.165) is 31.6 Å². The summed E-state index contributed by atoms with van der Waals surface area (Å²) in [7, 11) is 0. The number of anilines is 1. The van der Waals surface area contributed by atoms with Crippen molar-refractivity contribution in [3.63, 3.8) is 0 Å². The van der Waals surface area contributed by atoms with E-state index in [9.17, 15) is 4.79 Å². The number of hydrogen-bond donors (Lipinski definition) is 1. The van der Waals surface area contributed by atoms with Gasteiger partial charge in [-0.1, -0.05) is 29.8 Å². The van der Waals surface area contributed by atoms with Gasteiger partial charge in [0.25, 0.3) is 0 Å². The van der Waals surface area contributed by atoms with Crippen LogP contribution in [0.3, 0.4) is 0 Å². The van der Waals surface area contributed by atoms with Crippen LogP contribution in [0.5, 0.6) is 0 Å². The van der Waals surface area contributed by atoms with E-state index in [1.54, 1.807) is 0 Å². The van der Waals surface area contributed by atoms with Gasteiger partial charge < -0.3 is 5.32 Å². The molecule has 1 saturated heterocycles. The Hall–Kier alpha value is -1.61. The summed E-state index contributed by atoms with van der Waals surface area (Å²) in [5.41, 5.74) is 2.18. The average Bonchev–Trinajstić information content (AvgIpc) is 2.86. The van der Waals surface area contributed by atoms with Crippen molar-refractivity contribution in [2.45, 2.75) is 32.7 Å². The van der Waals surface area contributed by atoms with Gasteiger partial charge in [0.1, 0.15) is 0 Å². The topological polar surface area (TPSA) is 32.3 Å². The van der Waals surface area contributed by atoms with Crippen LogP contribution in [0, 0.1) is 0 Å². The van der Waals surface area contributed by atoms with Crippen molar-refractivity contribution in [2.24, 2.45) is 0 Å². The van der Waals surface area contributed by atoms with Crippen LogP contribution in [0.4, 0.5) is 5.69 Å². The van der Waals surface area contributed by atoms with E-state index < -0.39 is 0 Å². The number of hydrogen-bond acceptors (Lipinski definition) is 2. The number of benzene rings is 1. The molecule has 102 valence electrons. The number of amides is 1. The number of nitrogens with one attached hydrogen (secondary N) is 1. The monoisotopic (exact) mass is 258 g/mol. The molecule has 19 heavy (non-hydrogen) atoms. The average molecular weight is 258 g/mol. The predicted octanol–water partition coefficient (Wildman–Crippen LogP) is 3.06. The Morgan fingerprint density at radius 1 is 1.37 bits per heavy atom. The van der Waals surface area contributed by atoms with Crippen LogP contribution in [-0.2, 0) is 4.79 Å². The molecular weight excluding hydrogens is 236 g/mol. The summed E-state index contributed by atoms with van der Waals surface area (Å²) in [6.45, 7) is 6.07. The summed E-state index contributed by atoms with van der Waals surface area (Å²) in [5, 5.41) is 3.00. The lowest BCUT2D eigenvalue weighted by molar-refractivity contribution is -0.120. The Kier molecular flexibility index (Phi) is 4.74. The Morgan fingerprint density at radius 2 is 2.11 bits per heavy atom. The Morgan fingerprint density at radius 3 is 2.79 bits per heavy atom. The molecule has 1 heterocycles. The lowest BCUT2D eigenvalue weighted by Crippen LogP contribution is -2.39. The van der Waals surface area contributed by atoms with Crippen LogP contribution >= 0.6 is 0 Å². The van der Waals surface area contributed by atoms with E-state index in [0.29, 0.717) is 0 Å². The Bertz CT molecular complexity index is 449. The third kappa shape index (κ3) is 3.93. The standard InChI is InChI=1S/C16H22N2O/c1-13(2)10-12-18-11-6-9-15(18)16(19)17-14-7-4-3-5-8-14/h3-5,7-8,10,15H,6,9,11-12H2,1-2H3,(H,17,19)/t15-/m1/s1. The molecule has 1 amide bonds. The fourth-order valence-electron chi connectivity index (χ4n) is 2.39. The summed E-state index contributed by atoms with van der Waals surface area (Å²) in [4.78, 5) is 14.6. The zero-order chi connectivity index (χ0) is 13.7. The second-order valence-corrected chi connectivity index (χ2v) is 5.29. The number of para-hydroxylation sites is 1. The number of carbonyl (C=O) groups excluding carboxylic acids is 1. The van der Waals surface area contributed by atoms with Crippen molar-refractivity contribution < 1.29 is 4.79 Å². The zero-order valence-corrected chi connectivity index (χ0v) is 11.7. The first-order valence-corrected chi connectivity index (χ1v) is 6.90. The van der Waals surface area contributed by atoms with Crippen molar-refractivity contribution in [1.82, 2.24) is 4.90 Å². The Balaban J connectivity index is 1.96. The van der Waals surface area contributed by atoms with Gasteiger partial charge in [-0.25, -0.2) is 0 Å². The Labute approximate surface area is 115 Å². The molecule has 3 nitrogen and oxygen atoms in total. The van der Waals surface area contributed by atoms with Gasteiger partial charge in [0.2, 0.25) is 5.91 Å². The third-order valence-corrected chi connectivity index (χ3v) is 3.44. The van der Waals surface area contributed by atoms with Crippen LogP contribution in [0.2, 0.25) is 0 Å². The van der Waals surface area contributed by atoms with Crippen molar-refractivity contribution in [2.75, 3.05) is 18.4 Å². The first-order valence-electron chi connectivity index (χ1n) is 6.90. The lowest BCUT2D eigenvalue weighted by atomic mass is 10.2. The summed E-state index contributed by atoms with van der Waals surface area (Å²) in [6.07, 6.45) is 4.24. The molecule has 2 rings (SSSR count). The van der Waals surface area contributed by atoms with Gasteiger partial charge in [-0.15, -0.1) is 0 Å². The van der Waals surface area contributed by atoms with Gasteiger partial charge in [-0.2, -0.15) is 0 Å². The molecule has 0 bridgehead atoms. The largest absolute Gasteiger partial charge is 0.325 e. The maximum atomic E-state index is 12.3. The van der Waals surface area contributed by atoms with E-state index in [-0.39, 0.29) is 11.9 Å². The fourth-order valence-corrected chi connectivity index (χ4v) is 2.39. The van der Waals surface area contributed by atoms with Gasteiger partial charge in [-0.3, -0.25) is 9.69 Å². The van der Waals surface area contributed by atoms with Gasteiger partial charge in [0.15, 0.2) is 0 Å². The summed E-state index contributed by atoms with van der Waals surface area (Å²) < 4.78 is 0. The van der Waals surface area contributed by atoms with Gasteiger partial charge in [-0.05, 0) is 45.4 Å². The molecule has 0 aliphatic carbocycles. The molecule has 0 spiro atoms. The number of rotatable bonds is 4. The zero-order valence-electron chi connectivity index (χ0n) is 11.7. The van der Waals surface area contributed by atoms with Crippen LogP contribution in [-0.4, -0.2) is 29.9 Å². The predicted molar refractivity (Wildman–Crippen MR) is 79.1 cm³/mol. The minimum absolute atomic E-state index is 0.0100. The van der Waals surface area contributed by atoms with Crippen LogP contribution in [0.25, 0.3) is 0 Å². The molecule has 1 fully saturated rings. The molecule has 0 saturated carbocycles. The molecule has 1 atom stereocenters. The molecule has 0 unspecified atom stereocenters. The highest BCUT2D eigenvalue weighted by Gasteiger charge is 2.29. The summed E-state index contributed by atoms with van der Waals surface area (Å²) in [6, 6.07) is 9.68. The molecule has 0 radical (unpaired) electrons. The van der Waals surface area contributed by atoms with E-state index in [1.807, 2.05) is 30.3 Å². The maximum absolute atomic E-state index is 12.3. The quantitative estimate of drug-likeness (QED) is 0.842. The molecule has 1 N–H and O–H groups in total. The smallest absolute Gasteiger partial charge is 0.241 e. The minimum atomic E-state index is 0.0100. The first kappa shape index (κ1) is 13.8. The third-order valence-electron chi connectivity index (χ3n) is 3.44. The first-order chi connectivity index (χ1) is 9.16. The number of allylic oxidation sites excluding steroid dienone is 1.